The topological polar surface area (TPSA) is 31.4 Å². The summed E-state index contributed by atoms with van der Waals surface area (Å²) in [5.74, 6) is 0. The molecule has 4 nitrogen and oxygen atoms in total. The van der Waals surface area contributed by atoms with Crippen LogP contribution in [-0.4, -0.2) is 47.5 Å². The maximum Gasteiger partial charge on any atom is 0.184 e. The van der Waals surface area contributed by atoms with Crippen molar-refractivity contribution in [1.29, 1.82) is 0 Å². The lowest BCUT2D eigenvalue weighted by Gasteiger charge is -2.34. The van der Waals surface area contributed by atoms with Crippen LogP contribution in [0.15, 0.2) is 48.5 Å². The van der Waals surface area contributed by atoms with E-state index in [1.165, 1.54) is 48.6 Å². The number of likely N-dealkylation sites (N-methyl/N-ethyl adjacent to an activating group) is 1. The molecule has 0 unspecified atom stereocenters. The van der Waals surface area contributed by atoms with Gasteiger partial charge in [-0.25, -0.2) is 4.98 Å². The number of piperazine rings is 1. The Morgan fingerprint density at radius 1 is 0.923 bits per heavy atom. The number of rotatable bonds is 6. The first-order valence-electron chi connectivity index (χ1n) is 9.42. The van der Waals surface area contributed by atoms with Gasteiger partial charge in [-0.1, -0.05) is 54.7 Å². The number of aromatic nitrogens is 1. The molecule has 4 rings (SSSR count). The summed E-state index contributed by atoms with van der Waals surface area (Å²) in [5, 5.41) is 4.44. The Balaban J connectivity index is 1.30. The molecule has 26 heavy (non-hydrogen) atoms. The molecule has 0 atom stereocenters. The van der Waals surface area contributed by atoms with Crippen molar-refractivity contribution in [3.63, 3.8) is 0 Å². The van der Waals surface area contributed by atoms with E-state index in [1.807, 2.05) is 6.07 Å². The summed E-state index contributed by atoms with van der Waals surface area (Å²) in [6.45, 7) is 10.0. The van der Waals surface area contributed by atoms with Gasteiger partial charge in [-0.15, -0.1) is 0 Å². The van der Waals surface area contributed by atoms with Crippen LogP contribution in [0.5, 0.6) is 0 Å². The summed E-state index contributed by atoms with van der Waals surface area (Å²) in [6, 6.07) is 17.3. The van der Waals surface area contributed by atoms with Crippen LogP contribution >= 0.6 is 11.3 Å². The van der Waals surface area contributed by atoms with Crippen LogP contribution in [-0.2, 0) is 13.1 Å². The second-order valence-corrected chi connectivity index (χ2v) is 7.90. The standard InChI is InChI=1S/C21H26N4S/c1-2-24-11-13-25(14-12-24)16-18-9-7-17(8-10-18)15-22-21-23-19-5-3-4-6-20(19)26-21/h3-10H,2,11-16H2,1H3,(H,22,23). The van der Waals surface area contributed by atoms with Gasteiger partial charge in [-0.2, -0.15) is 0 Å². The predicted molar refractivity (Wildman–Crippen MR) is 111 cm³/mol. The van der Waals surface area contributed by atoms with E-state index >= 15 is 0 Å². The summed E-state index contributed by atoms with van der Waals surface area (Å²) in [4.78, 5) is 9.71. The van der Waals surface area contributed by atoms with E-state index in [1.54, 1.807) is 11.3 Å². The van der Waals surface area contributed by atoms with Crippen LogP contribution in [0.2, 0.25) is 0 Å². The average Bonchev–Trinajstić information content (AvgIpc) is 3.11. The van der Waals surface area contributed by atoms with Crippen molar-refractivity contribution in [3.05, 3.63) is 59.7 Å². The zero-order valence-corrected chi connectivity index (χ0v) is 16.1. The molecular formula is C21H26N4S. The zero-order chi connectivity index (χ0) is 17.8. The smallest absolute Gasteiger partial charge is 0.184 e. The molecule has 5 heteroatoms. The molecule has 1 fully saturated rings. The van der Waals surface area contributed by atoms with Crippen molar-refractivity contribution >= 4 is 26.7 Å². The zero-order valence-electron chi connectivity index (χ0n) is 15.3. The Morgan fingerprint density at radius 2 is 1.62 bits per heavy atom. The Hall–Kier alpha value is -1.95. The quantitative estimate of drug-likeness (QED) is 0.713. The number of thiazole rings is 1. The molecule has 1 aromatic heterocycles. The van der Waals surface area contributed by atoms with E-state index in [4.69, 9.17) is 0 Å². The van der Waals surface area contributed by atoms with Gasteiger partial charge < -0.3 is 10.2 Å². The first-order chi connectivity index (χ1) is 12.8. The van der Waals surface area contributed by atoms with Crippen LogP contribution in [0.4, 0.5) is 5.13 Å². The van der Waals surface area contributed by atoms with E-state index in [-0.39, 0.29) is 0 Å². The number of nitrogens with one attached hydrogen (secondary N) is 1. The van der Waals surface area contributed by atoms with Crippen LogP contribution in [0, 0.1) is 0 Å². The van der Waals surface area contributed by atoms with E-state index < -0.39 is 0 Å². The average molecular weight is 367 g/mol. The fourth-order valence-corrected chi connectivity index (χ4v) is 4.27. The SMILES string of the molecule is CCN1CCN(Cc2ccc(CNc3nc4ccccc4s3)cc2)CC1. The highest BCUT2D eigenvalue weighted by atomic mass is 32.1. The number of hydrogen-bond donors (Lipinski definition) is 1. The fraction of sp³-hybridized carbons (Fsp3) is 0.381. The highest BCUT2D eigenvalue weighted by Crippen LogP contribution is 2.25. The fourth-order valence-electron chi connectivity index (χ4n) is 3.41. The summed E-state index contributed by atoms with van der Waals surface area (Å²) >= 11 is 1.71. The lowest BCUT2D eigenvalue weighted by Crippen LogP contribution is -2.45. The molecule has 1 N–H and O–H groups in total. The van der Waals surface area contributed by atoms with Crippen LogP contribution in [0.25, 0.3) is 10.2 Å². The van der Waals surface area contributed by atoms with Gasteiger partial charge in [-0.05, 0) is 29.8 Å². The molecule has 0 spiro atoms. The lowest BCUT2D eigenvalue weighted by molar-refractivity contribution is 0.132. The maximum absolute atomic E-state index is 4.63. The molecule has 136 valence electrons. The van der Waals surface area contributed by atoms with Crippen LogP contribution in [0.1, 0.15) is 18.1 Å². The largest absolute Gasteiger partial charge is 0.357 e. The molecule has 2 aromatic carbocycles. The lowest BCUT2D eigenvalue weighted by atomic mass is 10.1. The number of para-hydroxylation sites is 1. The first kappa shape index (κ1) is 17.5. The summed E-state index contributed by atoms with van der Waals surface area (Å²) in [5.41, 5.74) is 3.76. The van der Waals surface area contributed by atoms with Crippen molar-refractivity contribution in [2.45, 2.75) is 20.0 Å². The van der Waals surface area contributed by atoms with E-state index in [0.717, 1.165) is 23.7 Å². The molecule has 0 radical (unpaired) electrons. The molecule has 1 aliphatic heterocycles. The van der Waals surface area contributed by atoms with Crippen molar-refractivity contribution in [2.75, 3.05) is 38.0 Å². The minimum Gasteiger partial charge on any atom is -0.357 e. The molecule has 2 heterocycles. The third-order valence-corrected chi connectivity index (χ3v) is 6.07. The highest BCUT2D eigenvalue weighted by Gasteiger charge is 2.15. The van der Waals surface area contributed by atoms with E-state index in [9.17, 15) is 0 Å². The van der Waals surface area contributed by atoms with Gasteiger partial charge >= 0.3 is 0 Å². The van der Waals surface area contributed by atoms with Crippen molar-refractivity contribution in [1.82, 2.24) is 14.8 Å². The first-order valence-corrected chi connectivity index (χ1v) is 10.2. The van der Waals surface area contributed by atoms with Crippen LogP contribution < -0.4 is 5.32 Å². The minimum atomic E-state index is 0.815. The van der Waals surface area contributed by atoms with Crippen molar-refractivity contribution in [2.24, 2.45) is 0 Å². The Kier molecular flexibility index (Phi) is 5.48. The normalized spacial score (nSPS) is 16.2. The van der Waals surface area contributed by atoms with Gasteiger partial charge in [-0.3, -0.25) is 4.90 Å². The highest BCUT2D eigenvalue weighted by molar-refractivity contribution is 7.22. The number of anilines is 1. The van der Waals surface area contributed by atoms with Crippen molar-refractivity contribution in [3.8, 4) is 0 Å². The summed E-state index contributed by atoms with van der Waals surface area (Å²) in [6.07, 6.45) is 0. The van der Waals surface area contributed by atoms with Gasteiger partial charge in [0.05, 0.1) is 10.2 Å². The molecule has 1 saturated heterocycles. The molecule has 1 aliphatic rings. The van der Waals surface area contributed by atoms with Gasteiger partial charge in [0.2, 0.25) is 0 Å². The number of hydrogen-bond acceptors (Lipinski definition) is 5. The number of nitrogens with zero attached hydrogens (tertiary/aromatic N) is 3. The van der Waals surface area contributed by atoms with Crippen molar-refractivity contribution < 1.29 is 0 Å². The molecular weight excluding hydrogens is 340 g/mol. The Labute approximate surface area is 159 Å². The van der Waals surface area contributed by atoms with Gasteiger partial charge in [0.25, 0.3) is 0 Å². The third-order valence-electron chi connectivity index (χ3n) is 5.08. The predicted octanol–water partition coefficient (Wildman–Crippen LogP) is 4.05. The summed E-state index contributed by atoms with van der Waals surface area (Å²) < 4.78 is 1.23. The van der Waals surface area contributed by atoms with E-state index in [0.29, 0.717) is 0 Å². The van der Waals surface area contributed by atoms with Gasteiger partial charge in [0.1, 0.15) is 0 Å². The molecule has 0 aliphatic carbocycles. The molecule has 0 saturated carbocycles. The summed E-state index contributed by atoms with van der Waals surface area (Å²) in [7, 11) is 0. The van der Waals surface area contributed by atoms with Crippen LogP contribution in [0.3, 0.4) is 0 Å². The molecule has 0 bridgehead atoms. The monoisotopic (exact) mass is 366 g/mol. The van der Waals surface area contributed by atoms with Gasteiger partial charge in [0.15, 0.2) is 5.13 Å². The molecule has 0 amide bonds. The Morgan fingerprint density at radius 3 is 2.35 bits per heavy atom. The maximum atomic E-state index is 4.63. The van der Waals surface area contributed by atoms with E-state index in [2.05, 4.69) is 69.5 Å². The Bertz CT molecular complexity index is 802. The second-order valence-electron chi connectivity index (χ2n) is 6.87. The number of fused-ring (bicyclic) bond motifs is 1. The molecule has 3 aromatic rings. The number of benzene rings is 2. The minimum absolute atomic E-state index is 0.815. The van der Waals surface area contributed by atoms with Gasteiger partial charge in [0, 0.05) is 39.3 Å². The second kappa shape index (κ2) is 8.16. The third kappa shape index (κ3) is 4.23.